The van der Waals surface area contributed by atoms with Crippen molar-refractivity contribution in [1.29, 1.82) is 0 Å². The Morgan fingerprint density at radius 2 is 2.00 bits per heavy atom. The summed E-state index contributed by atoms with van der Waals surface area (Å²) < 4.78 is 9.96. The Balaban J connectivity index is 2.25. The Morgan fingerprint density at radius 1 is 1.35 bits per heavy atom. The minimum Gasteiger partial charge on any atom is -0.475 e. The first-order valence-electron chi connectivity index (χ1n) is 6.24. The number of hydrogen-bond donors (Lipinski definition) is 1. The minimum atomic E-state index is -1.12. The predicted molar refractivity (Wildman–Crippen MR) is 73.8 cm³/mol. The first-order chi connectivity index (χ1) is 9.44. The monoisotopic (exact) mass is 275 g/mol. The molecule has 1 N–H and O–H groups in total. The molecule has 1 heterocycles. The Kier molecular flexibility index (Phi) is 3.90. The van der Waals surface area contributed by atoms with Crippen LogP contribution in [-0.2, 0) is 10.2 Å². The molecule has 0 saturated carbocycles. The van der Waals surface area contributed by atoms with E-state index < -0.39 is 5.97 Å². The molecule has 1 aromatic carbocycles. The Labute approximate surface area is 117 Å². The van der Waals surface area contributed by atoms with Crippen LogP contribution in [0, 0.1) is 0 Å². The lowest BCUT2D eigenvalue weighted by Gasteiger charge is -2.24. The molecule has 5 heteroatoms. The number of nitrogens with zero attached hydrogens (tertiary/aromatic N) is 1. The number of carboxylic acid groups (broad SMARTS) is 1. The maximum Gasteiger partial charge on any atom is 0.374 e. The minimum absolute atomic E-state index is 0.0800. The van der Waals surface area contributed by atoms with Crippen LogP contribution in [-0.4, -0.2) is 29.9 Å². The van der Waals surface area contributed by atoms with E-state index in [-0.39, 0.29) is 11.2 Å². The molecule has 0 saturated heterocycles. The van der Waals surface area contributed by atoms with E-state index in [1.807, 2.05) is 24.3 Å². The third-order valence-corrected chi connectivity index (χ3v) is 3.19. The second-order valence-corrected chi connectivity index (χ2v) is 5.28. The van der Waals surface area contributed by atoms with E-state index >= 15 is 0 Å². The molecule has 0 aliphatic rings. The average molecular weight is 275 g/mol. The van der Waals surface area contributed by atoms with Gasteiger partial charge in [-0.05, 0) is 5.56 Å². The summed E-state index contributed by atoms with van der Waals surface area (Å²) in [5.74, 6) is -1.29. The molecule has 0 aliphatic carbocycles. The van der Waals surface area contributed by atoms with Gasteiger partial charge in [-0.2, -0.15) is 0 Å². The van der Waals surface area contributed by atoms with E-state index in [1.54, 1.807) is 7.11 Å². The van der Waals surface area contributed by atoms with E-state index in [9.17, 15) is 4.79 Å². The quantitative estimate of drug-likeness (QED) is 0.908. The molecule has 0 atom stereocenters. The van der Waals surface area contributed by atoms with Crippen molar-refractivity contribution in [2.24, 2.45) is 0 Å². The molecule has 0 aliphatic heterocycles. The van der Waals surface area contributed by atoms with Crippen LogP contribution < -0.4 is 0 Å². The maximum absolute atomic E-state index is 10.8. The normalized spacial score (nSPS) is 11.6. The number of carboxylic acids is 1. The van der Waals surface area contributed by atoms with Gasteiger partial charge in [0.2, 0.25) is 5.76 Å². The van der Waals surface area contributed by atoms with E-state index in [0.29, 0.717) is 12.3 Å². The molecule has 2 rings (SSSR count). The number of aromatic nitrogens is 1. The van der Waals surface area contributed by atoms with Gasteiger partial charge >= 0.3 is 5.97 Å². The van der Waals surface area contributed by atoms with Crippen molar-refractivity contribution in [2.45, 2.75) is 19.3 Å². The van der Waals surface area contributed by atoms with E-state index in [4.69, 9.17) is 14.4 Å². The van der Waals surface area contributed by atoms with Crippen molar-refractivity contribution < 1.29 is 19.2 Å². The largest absolute Gasteiger partial charge is 0.475 e. The number of rotatable bonds is 5. The molecule has 0 amide bonds. The first kappa shape index (κ1) is 14.3. The second-order valence-electron chi connectivity index (χ2n) is 5.28. The van der Waals surface area contributed by atoms with Crippen LogP contribution in [0.2, 0.25) is 0 Å². The van der Waals surface area contributed by atoms with Crippen molar-refractivity contribution in [3.8, 4) is 11.3 Å². The summed E-state index contributed by atoms with van der Waals surface area (Å²) in [4.78, 5) is 10.8. The van der Waals surface area contributed by atoms with Gasteiger partial charge in [-0.3, -0.25) is 0 Å². The average Bonchev–Trinajstić information content (AvgIpc) is 2.88. The number of benzene rings is 1. The molecule has 0 unspecified atom stereocenters. The van der Waals surface area contributed by atoms with Gasteiger partial charge in [0.15, 0.2) is 0 Å². The van der Waals surface area contributed by atoms with Gasteiger partial charge in [-0.1, -0.05) is 43.3 Å². The van der Waals surface area contributed by atoms with Gasteiger partial charge in [0.1, 0.15) is 5.69 Å². The van der Waals surface area contributed by atoms with Gasteiger partial charge in [-0.25, -0.2) is 4.79 Å². The third kappa shape index (κ3) is 2.88. The van der Waals surface area contributed by atoms with Crippen LogP contribution in [0.25, 0.3) is 11.3 Å². The first-order valence-corrected chi connectivity index (χ1v) is 6.24. The van der Waals surface area contributed by atoms with Gasteiger partial charge in [0, 0.05) is 24.2 Å². The van der Waals surface area contributed by atoms with E-state index in [2.05, 4.69) is 19.0 Å². The van der Waals surface area contributed by atoms with Gasteiger partial charge in [-0.15, -0.1) is 0 Å². The highest BCUT2D eigenvalue weighted by molar-refractivity contribution is 5.85. The van der Waals surface area contributed by atoms with Crippen molar-refractivity contribution in [2.75, 3.05) is 13.7 Å². The highest BCUT2D eigenvalue weighted by Gasteiger charge is 2.20. The topological polar surface area (TPSA) is 72.6 Å². The number of aromatic carboxylic acids is 1. The van der Waals surface area contributed by atoms with Gasteiger partial charge in [0.05, 0.1) is 6.61 Å². The lowest BCUT2D eigenvalue weighted by molar-refractivity contribution is 0.0652. The maximum atomic E-state index is 10.8. The van der Waals surface area contributed by atoms with Gasteiger partial charge in [0.25, 0.3) is 0 Å². The molecule has 106 valence electrons. The summed E-state index contributed by atoms with van der Waals surface area (Å²) in [7, 11) is 1.68. The Hall–Kier alpha value is -2.14. The molecule has 20 heavy (non-hydrogen) atoms. The summed E-state index contributed by atoms with van der Waals surface area (Å²) in [5, 5.41) is 12.6. The molecule has 0 fully saturated rings. The fourth-order valence-electron chi connectivity index (χ4n) is 2.05. The van der Waals surface area contributed by atoms with Gasteiger partial charge < -0.3 is 14.4 Å². The van der Waals surface area contributed by atoms with Crippen LogP contribution >= 0.6 is 0 Å². The van der Waals surface area contributed by atoms with Crippen LogP contribution in [0.3, 0.4) is 0 Å². The Bertz CT molecular complexity index is 599. The summed E-state index contributed by atoms with van der Waals surface area (Å²) in [5.41, 5.74) is 2.39. The molecule has 0 bridgehead atoms. The molecular formula is C15H17NO4. The van der Waals surface area contributed by atoms with Crippen LogP contribution in [0.5, 0.6) is 0 Å². The van der Waals surface area contributed by atoms with Crippen LogP contribution in [0.4, 0.5) is 0 Å². The predicted octanol–water partition coefficient (Wildman–Crippen LogP) is 2.96. The van der Waals surface area contributed by atoms with E-state index in [0.717, 1.165) is 11.1 Å². The Morgan fingerprint density at radius 3 is 2.50 bits per heavy atom. The molecule has 0 radical (unpaired) electrons. The zero-order valence-electron chi connectivity index (χ0n) is 11.7. The van der Waals surface area contributed by atoms with E-state index in [1.165, 1.54) is 6.07 Å². The lowest BCUT2D eigenvalue weighted by atomic mass is 9.85. The molecule has 1 aromatic heterocycles. The summed E-state index contributed by atoms with van der Waals surface area (Å²) in [6, 6.07) is 9.19. The molecular weight excluding hydrogens is 258 g/mol. The summed E-state index contributed by atoms with van der Waals surface area (Å²) >= 11 is 0. The summed E-state index contributed by atoms with van der Waals surface area (Å²) in [6.45, 7) is 4.83. The highest BCUT2D eigenvalue weighted by atomic mass is 16.5. The SMILES string of the molecule is COCC(C)(C)c1ccc(-c2cc(C(=O)O)on2)cc1. The highest BCUT2D eigenvalue weighted by Crippen LogP contribution is 2.26. The van der Waals surface area contributed by atoms with Crippen molar-refractivity contribution in [3.63, 3.8) is 0 Å². The fraction of sp³-hybridized carbons (Fsp3) is 0.333. The number of carbonyl (C=O) groups is 1. The molecule has 2 aromatic rings. The smallest absolute Gasteiger partial charge is 0.374 e. The third-order valence-electron chi connectivity index (χ3n) is 3.19. The lowest BCUT2D eigenvalue weighted by Crippen LogP contribution is -2.23. The second kappa shape index (κ2) is 5.46. The number of ether oxygens (including phenoxy) is 1. The fourth-order valence-corrected chi connectivity index (χ4v) is 2.05. The zero-order chi connectivity index (χ0) is 14.8. The zero-order valence-corrected chi connectivity index (χ0v) is 11.7. The summed E-state index contributed by atoms with van der Waals surface area (Å²) in [6.07, 6.45) is 0. The standard InChI is InChI=1S/C15H17NO4/c1-15(2,9-19-3)11-6-4-10(5-7-11)12-8-13(14(17)18)20-16-12/h4-8H,9H2,1-3H3,(H,17,18). The van der Waals surface area contributed by atoms with Crippen LogP contribution in [0.1, 0.15) is 30.0 Å². The number of hydrogen-bond acceptors (Lipinski definition) is 4. The van der Waals surface area contributed by atoms with Crippen molar-refractivity contribution >= 4 is 5.97 Å². The number of methoxy groups -OCH3 is 1. The van der Waals surface area contributed by atoms with Crippen LogP contribution in [0.15, 0.2) is 34.9 Å². The van der Waals surface area contributed by atoms with Crippen molar-refractivity contribution in [1.82, 2.24) is 5.16 Å². The molecule has 5 nitrogen and oxygen atoms in total. The van der Waals surface area contributed by atoms with Crippen molar-refractivity contribution in [3.05, 3.63) is 41.7 Å². The molecule has 0 spiro atoms.